The van der Waals surface area contributed by atoms with Crippen molar-refractivity contribution in [1.29, 1.82) is 0 Å². The van der Waals surface area contributed by atoms with Crippen LogP contribution in [-0.4, -0.2) is 70.1 Å². The molecule has 1 atom stereocenters. The Hall–Kier alpha value is -3.77. The minimum absolute atomic E-state index is 0.00224. The number of carboxylic acids is 1. The molecule has 2 aromatic carbocycles. The number of likely N-dealkylation sites (tertiary alicyclic amines) is 1. The SMILES string of the molecule is O=C(O)c1ccc(-c2nn(C(=O)c3c(Cl)cccc3C3(C(F)(F)F)CC3)c3c2CCC(C(=O)N2CC4(COC4)C2)C3)c(F)c1. The van der Waals surface area contributed by atoms with Crippen LogP contribution in [0.2, 0.25) is 5.02 Å². The molecule has 44 heavy (non-hydrogen) atoms. The number of halogens is 5. The van der Waals surface area contributed by atoms with E-state index >= 15 is 4.39 Å². The number of amides is 1. The first-order valence-electron chi connectivity index (χ1n) is 14.3. The maximum atomic E-state index is 15.3. The number of carbonyl (C=O) groups is 3. The number of fused-ring (bicyclic) bond motifs is 1. The standard InChI is InChI=1S/C31H26ClF4N3O5/c32-21-3-1-2-20(30(8-9-30)31(34,35)36)24(21)27(41)39-23-11-16(26(40)38-12-29(13-38)14-44-15-29)4-7-19(23)25(37-39)18-6-5-17(28(42)43)10-22(18)33/h1-3,5-6,10,16H,4,7-9,11-15H2,(H,42,43). The third-order valence-corrected chi connectivity index (χ3v) is 9.82. The number of ether oxygens (including phenoxy) is 1. The monoisotopic (exact) mass is 631 g/mol. The molecule has 1 amide bonds. The fraction of sp³-hybridized carbons (Fsp3) is 0.419. The number of carboxylic acid groups (broad SMARTS) is 1. The number of aromatic carboxylic acids is 1. The van der Waals surface area contributed by atoms with E-state index in [-0.39, 0.29) is 70.0 Å². The van der Waals surface area contributed by atoms with Crippen LogP contribution in [0, 0.1) is 17.2 Å². The first kappa shape index (κ1) is 29.0. The Morgan fingerprint density at radius 1 is 1.09 bits per heavy atom. The van der Waals surface area contributed by atoms with E-state index in [1.54, 1.807) is 4.90 Å². The molecule has 4 aliphatic rings. The summed E-state index contributed by atoms with van der Waals surface area (Å²) in [6, 6.07) is 7.25. The van der Waals surface area contributed by atoms with Crippen molar-refractivity contribution >= 4 is 29.4 Å². The third kappa shape index (κ3) is 4.36. The fourth-order valence-corrected chi connectivity index (χ4v) is 7.13. The van der Waals surface area contributed by atoms with Crippen LogP contribution in [0.25, 0.3) is 11.3 Å². The summed E-state index contributed by atoms with van der Waals surface area (Å²) in [5.41, 5.74) is -2.32. The first-order valence-corrected chi connectivity index (χ1v) is 14.6. The second-order valence-corrected chi connectivity index (χ2v) is 12.8. The van der Waals surface area contributed by atoms with Gasteiger partial charge in [0.15, 0.2) is 0 Å². The molecule has 3 heterocycles. The highest BCUT2D eigenvalue weighted by atomic mass is 35.5. The molecular weight excluding hydrogens is 606 g/mol. The molecule has 3 fully saturated rings. The van der Waals surface area contributed by atoms with E-state index in [4.69, 9.17) is 16.3 Å². The lowest BCUT2D eigenvalue weighted by Crippen LogP contribution is -2.68. The third-order valence-electron chi connectivity index (χ3n) is 9.50. The highest BCUT2D eigenvalue weighted by Crippen LogP contribution is 2.60. The number of benzene rings is 2. The minimum Gasteiger partial charge on any atom is -0.478 e. The van der Waals surface area contributed by atoms with Crippen LogP contribution >= 0.6 is 11.6 Å². The summed E-state index contributed by atoms with van der Waals surface area (Å²) < 4.78 is 64.2. The normalized spacial score (nSPS) is 21.3. The molecule has 2 saturated heterocycles. The molecule has 1 aromatic heterocycles. The molecule has 2 aliphatic heterocycles. The summed E-state index contributed by atoms with van der Waals surface area (Å²) in [7, 11) is 0. The van der Waals surface area contributed by atoms with Gasteiger partial charge in [0.05, 0.1) is 51.6 Å². The van der Waals surface area contributed by atoms with Gasteiger partial charge in [0.2, 0.25) is 5.91 Å². The van der Waals surface area contributed by atoms with Crippen molar-refractivity contribution < 1.29 is 41.8 Å². The maximum Gasteiger partial charge on any atom is 0.398 e. The van der Waals surface area contributed by atoms with Gasteiger partial charge in [-0.05, 0) is 55.5 Å². The number of carbonyl (C=O) groups excluding carboxylic acids is 2. The highest BCUT2D eigenvalue weighted by Gasteiger charge is 2.65. The summed E-state index contributed by atoms with van der Waals surface area (Å²) in [6.45, 7) is 2.34. The smallest absolute Gasteiger partial charge is 0.398 e. The number of rotatable bonds is 5. The van der Waals surface area contributed by atoms with Crippen LogP contribution in [0.15, 0.2) is 36.4 Å². The van der Waals surface area contributed by atoms with Gasteiger partial charge in [0.1, 0.15) is 5.82 Å². The summed E-state index contributed by atoms with van der Waals surface area (Å²) in [4.78, 5) is 40.8. The Morgan fingerprint density at radius 2 is 1.82 bits per heavy atom. The first-order chi connectivity index (χ1) is 20.8. The van der Waals surface area contributed by atoms with Crippen LogP contribution in [0.5, 0.6) is 0 Å². The van der Waals surface area contributed by atoms with Crippen LogP contribution < -0.4 is 0 Å². The van der Waals surface area contributed by atoms with E-state index in [2.05, 4.69) is 5.10 Å². The lowest BCUT2D eigenvalue weighted by atomic mass is 9.76. The van der Waals surface area contributed by atoms with Crippen molar-refractivity contribution in [2.45, 2.75) is 43.7 Å². The average molecular weight is 632 g/mol. The Morgan fingerprint density at radius 3 is 2.41 bits per heavy atom. The average Bonchev–Trinajstić information content (AvgIpc) is 3.67. The molecule has 1 spiro atoms. The van der Waals surface area contributed by atoms with Crippen LogP contribution in [0.4, 0.5) is 17.6 Å². The zero-order valence-corrected chi connectivity index (χ0v) is 24.0. The van der Waals surface area contributed by atoms with Crippen molar-refractivity contribution in [3.05, 3.63) is 75.2 Å². The highest BCUT2D eigenvalue weighted by molar-refractivity contribution is 6.34. The van der Waals surface area contributed by atoms with Crippen LogP contribution in [0.3, 0.4) is 0 Å². The lowest BCUT2D eigenvalue weighted by molar-refractivity contribution is -0.197. The van der Waals surface area contributed by atoms with Crippen molar-refractivity contribution in [3.8, 4) is 11.3 Å². The van der Waals surface area contributed by atoms with Crippen LogP contribution in [-0.2, 0) is 27.8 Å². The van der Waals surface area contributed by atoms with Gasteiger partial charge in [-0.25, -0.2) is 9.18 Å². The number of alkyl halides is 3. The van der Waals surface area contributed by atoms with E-state index < -0.39 is 35.2 Å². The second kappa shape index (κ2) is 9.87. The number of aromatic nitrogens is 2. The minimum atomic E-state index is -4.62. The van der Waals surface area contributed by atoms with Gasteiger partial charge in [-0.15, -0.1) is 0 Å². The van der Waals surface area contributed by atoms with E-state index in [0.29, 0.717) is 44.0 Å². The van der Waals surface area contributed by atoms with Gasteiger partial charge in [0, 0.05) is 36.6 Å². The van der Waals surface area contributed by atoms with E-state index in [1.165, 1.54) is 30.3 Å². The number of hydrogen-bond donors (Lipinski definition) is 1. The molecule has 0 bridgehead atoms. The van der Waals surface area contributed by atoms with Crippen LogP contribution in [0.1, 0.15) is 56.8 Å². The molecule has 7 rings (SSSR count). The molecule has 2 aliphatic carbocycles. The summed E-state index contributed by atoms with van der Waals surface area (Å²) >= 11 is 6.41. The maximum absolute atomic E-state index is 15.3. The van der Waals surface area contributed by atoms with Gasteiger partial charge in [-0.3, -0.25) is 9.59 Å². The molecule has 1 saturated carbocycles. The largest absolute Gasteiger partial charge is 0.478 e. The predicted molar refractivity (Wildman–Crippen MR) is 148 cm³/mol. The fourth-order valence-electron chi connectivity index (χ4n) is 6.87. The van der Waals surface area contributed by atoms with Gasteiger partial charge < -0.3 is 14.7 Å². The Kier molecular flexibility index (Phi) is 6.50. The Labute approximate surface area is 253 Å². The number of hydrogen-bond acceptors (Lipinski definition) is 5. The number of nitrogens with zero attached hydrogens (tertiary/aromatic N) is 3. The molecule has 8 nitrogen and oxygen atoms in total. The topological polar surface area (TPSA) is 102 Å². The van der Waals surface area contributed by atoms with E-state index in [1.807, 2.05) is 0 Å². The predicted octanol–water partition coefficient (Wildman–Crippen LogP) is 5.29. The van der Waals surface area contributed by atoms with Crippen molar-refractivity contribution in [2.75, 3.05) is 26.3 Å². The van der Waals surface area contributed by atoms with Crippen molar-refractivity contribution in [2.24, 2.45) is 11.3 Å². The molecule has 13 heteroatoms. The molecule has 0 radical (unpaired) electrons. The van der Waals surface area contributed by atoms with Crippen molar-refractivity contribution in [1.82, 2.24) is 14.7 Å². The van der Waals surface area contributed by atoms with Gasteiger partial charge >= 0.3 is 12.1 Å². The van der Waals surface area contributed by atoms with Gasteiger partial charge in [0.25, 0.3) is 5.91 Å². The van der Waals surface area contributed by atoms with Crippen molar-refractivity contribution in [3.63, 3.8) is 0 Å². The molecular formula is C31H26ClF4N3O5. The summed E-state index contributed by atoms with van der Waals surface area (Å²) in [5, 5.41) is 13.5. The van der Waals surface area contributed by atoms with Gasteiger partial charge in [-0.2, -0.15) is 23.0 Å². The van der Waals surface area contributed by atoms with E-state index in [9.17, 15) is 32.7 Å². The molecule has 1 unspecified atom stereocenters. The Bertz CT molecular complexity index is 1740. The quantitative estimate of drug-likeness (QED) is 0.384. The second-order valence-electron chi connectivity index (χ2n) is 12.4. The summed E-state index contributed by atoms with van der Waals surface area (Å²) in [6.07, 6.45) is -4.31. The summed E-state index contributed by atoms with van der Waals surface area (Å²) in [5.74, 6) is -3.74. The zero-order valence-electron chi connectivity index (χ0n) is 23.2. The van der Waals surface area contributed by atoms with Gasteiger partial charge in [-0.1, -0.05) is 23.7 Å². The zero-order chi connectivity index (χ0) is 31.2. The van der Waals surface area contributed by atoms with E-state index in [0.717, 1.165) is 10.7 Å². The lowest BCUT2D eigenvalue weighted by Gasteiger charge is -2.55. The molecule has 3 aromatic rings. The molecule has 230 valence electrons. The molecule has 1 N–H and O–H groups in total. The Balaban J connectivity index is 1.31.